The van der Waals surface area contributed by atoms with Gasteiger partial charge in [-0.3, -0.25) is 0 Å². The lowest BCUT2D eigenvalue weighted by Crippen LogP contribution is -2.23. The van der Waals surface area contributed by atoms with Gasteiger partial charge in [-0.05, 0) is 30.5 Å². The number of nitrogens with one attached hydrogen (secondary N) is 1. The fraction of sp³-hybridized carbons (Fsp3) is 0.444. The molecular weight excluding hydrogens is 328 g/mol. The quantitative estimate of drug-likeness (QED) is 0.319. The van der Waals surface area contributed by atoms with Crippen molar-refractivity contribution in [3.8, 4) is 6.07 Å². The van der Waals surface area contributed by atoms with Crippen LogP contribution in [0.3, 0.4) is 0 Å². The van der Waals surface area contributed by atoms with E-state index in [0.29, 0.717) is 30.5 Å². The SMILES string of the molecule is CCOCCOC(=O)/C(C#N)=C(\NCc1ccc(Cl)cc1)C(C)C. The Balaban J connectivity index is 2.80. The lowest BCUT2D eigenvalue weighted by molar-refractivity contribution is -0.140. The minimum atomic E-state index is -0.635. The first-order valence-corrected chi connectivity index (χ1v) is 8.24. The van der Waals surface area contributed by atoms with Gasteiger partial charge in [0.1, 0.15) is 12.7 Å². The summed E-state index contributed by atoms with van der Waals surface area (Å²) in [4.78, 5) is 12.1. The van der Waals surface area contributed by atoms with Crippen molar-refractivity contribution in [1.29, 1.82) is 5.26 Å². The van der Waals surface area contributed by atoms with E-state index >= 15 is 0 Å². The first-order chi connectivity index (χ1) is 11.5. The Morgan fingerprint density at radius 3 is 2.50 bits per heavy atom. The third-order valence-electron chi connectivity index (χ3n) is 3.22. The number of allylic oxidation sites excluding steroid dienone is 1. The summed E-state index contributed by atoms with van der Waals surface area (Å²) >= 11 is 5.87. The van der Waals surface area contributed by atoms with Crippen molar-refractivity contribution in [2.75, 3.05) is 19.8 Å². The predicted molar refractivity (Wildman–Crippen MR) is 93.2 cm³/mol. The van der Waals surface area contributed by atoms with Gasteiger partial charge in [0.2, 0.25) is 0 Å². The van der Waals surface area contributed by atoms with Crippen LogP contribution in [0.4, 0.5) is 0 Å². The molecule has 0 aliphatic heterocycles. The molecular formula is C18H23ClN2O3. The molecule has 0 saturated carbocycles. The molecule has 0 bridgehead atoms. The number of nitriles is 1. The van der Waals surface area contributed by atoms with Crippen LogP contribution in [0.5, 0.6) is 0 Å². The summed E-state index contributed by atoms with van der Waals surface area (Å²) in [6.07, 6.45) is 0. The summed E-state index contributed by atoms with van der Waals surface area (Å²) in [5.41, 5.74) is 1.56. The molecule has 5 nitrogen and oxygen atoms in total. The van der Waals surface area contributed by atoms with E-state index in [2.05, 4.69) is 5.32 Å². The second-order valence-corrected chi connectivity index (χ2v) is 5.80. The minimum Gasteiger partial charge on any atom is -0.459 e. The Kier molecular flexibility index (Phi) is 8.92. The van der Waals surface area contributed by atoms with E-state index < -0.39 is 5.97 Å². The first kappa shape index (κ1) is 20.0. The van der Waals surface area contributed by atoms with Crippen LogP contribution < -0.4 is 5.32 Å². The van der Waals surface area contributed by atoms with Gasteiger partial charge in [-0.1, -0.05) is 37.6 Å². The molecule has 0 amide bonds. The average molecular weight is 351 g/mol. The van der Waals surface area contributed by atoms with Crippen LogP contribution in [0.15, 0.2) is 35.5 Å². The fourth-order valence-corrected chi connectivity index (χ4v) is 2.13. The van der Waals surface area contributed by atoms with Crippen LogP contribution in [-0.2, 0) is 20.8 Å². The summed E-state index contributed by atoms with van der Waals surface area (Å²) < 4.78 is 10.2. The van der Waals surface area contributed by atoms with Crippen LogP contribution in [0.1, 0.15) is 26.3 Å². The Hall–Kier alpha value is -2.03. The van der Waals surface area contributed by atoms with Crippen molar-refractivity contribution < 1.29 is 14.3 Å². The zero-order valence-electron chi connectivity index (χ0n) is 14.3. The second-order valence-electron chi connectivity index (χ2n) is 5.37. The molecule has 24 heavy (non-hydrogen) atoms. The molecule has 0 atom stereocenters. The number of carbonyl (C=O) groups is 1. The van der Waals surface area contributed by atoms with Gasteiger partial charge in [0.05, 0.1) is 6.61 Å². The number of rotatable bonds is 9. The van der Waals surface area contributed by atoms with Crippen molar-refractivity contribution in [3.63, 3.8) is 0 Å². The van der Waals surface area contributed by atoms with E-state index in [4.69, 9.17) is 21.1 Å². The number of hydrogen-bond donors (Lipinski definition) is 1. The highest BCUT2D eigenvalue weighted by atomic mass is 35.5. The highest BCUT2D eigenvalue weighted by Crippen LogP contribution is 2.15. The maximum absolute atomic E-state index is 12.1. The van der Waals surface area contributed by atoms with Gasteiger partial charge in [-0.15, -0.1) is 0 Å². The zero-order valence-corrected chi connectivity index (χ0v) is 15.0. The average Bonchev–Trinajstić information content (AvgIpc) is 2.56. The lowest BCUT2D eigenvalue weighted by atomic mass is 10.0. The monoisotopic (exact) mass is 350 g/mol. The number of hydrogen-bond acceptors (Lipinski definition) is 5. The Morgan fingerprint density at radius 1 is 1.29 bits per heavy atom. The van der Waals surface area contributed by atoms with Gasteiger partial charge in [-0.2, -0.15) is 5.26 Å². The van der Waals surface area contributed by atoms with Gasteiger partial charge in [0, 0.05) is 23.9 Å². The molecule has 0 radical (unpaired) electrons. The van der Waals surface area contributed by atoms with E-state index in [0.717, 1.165) is 5.56 Å². The number of benzene rings is 1. The van der Waals surface area contributed by atoms with Crippen LogP contribution in [-0.4, -0.2) is 25.8 Å². The molecule has 1 aromatic rings. The molecule has 0 fully saturated rings. The normalized spacial score (nSPS) is 11.7. The Labute approximate surface area is 148 Å². The van der Waals surface area contributed by atoms with Crippen molar-refractivity contribution in [1.82, 2.24) is 5.32 Å². The minimum absolute atomic E-state index is 0.00420. The van der Waals surface area contributed by atoms with Gasteiger partial charge >= 0.3 is 5.97 Å². The molecule has 1 N–H and O–H groups in total. The maximum atomic E-state index is 12.1. The van der Waals surface area contributed by atoms with Crippen LogP contribution in [0, 0.1) is 17.2 Å². The lowest BCUT2D eigenvalue weighted by Gasteiger charge is -2.16. The van der Waals surface area contributed by atoms with Crippen molar-refractivity contribution in [2.45, 2.75) is 27.3 Å². The molecule has 0 unspecified atom stereocenters. The van der Waals surface area contributed by atoms with Crippen LogP contribution in [0.2, 0.25) is 5.02 Å². The molecule has 1 rings (SSSR count). The van der Waals surface area contributed by atoms with Crippen LogP contribution in [0.25, 0.3) is 0 Å². The topological polar surface area (TPSA) is 71.3 Å². The highest BCUT2D eigenvalue weighted by molar-refractivity contribution is 6.30. The summed E-state index contributed by atoms with van der Waals surface area (Å²) in [6.45, 7) is 7.17. The van der Waals surface area contributed by atoms with E-state index in [1.165, 1.54) is 0 Å². The van der Waals surface area contributed by atoms with E-state index in [1.807, 2.05) is 39.0 Å². The molecule has 0 aliphatic carbocycles. The maximum Gasteiger partial charge on any atom is 0.350 e. The summed E-state index contributed by atoms with van der Waals surface area (Å²) in [7, 11) is 0. The van der Waals surface area contributed by atoms with E-state index in [1.54, 1.807) is 12.1 Å². The molecule has 0 heterocycles. The molecule has 1 aromatic carbocycles. The molecule has 0 saturated heterocycles. The number of nitrogens with zero attached hydrogens (tertiary/aromatic N) is 1. The summed E-state index contributed by atoms with van der Waals surface area (Å²) in [6, 6.07) is 9.32. The highest BCUT2D eigenvalue weighted by Gasteiger charge is 2.19. The largest absolute Gasteiger partial charge is 0.459 e. The Morgan fingerprint density at radius 2 is 1.96 bits per heavy atom. The van der Waals surface area contributed by atoms with Gasteiger partial charge in [-0.25, -0.2) is 4.79 Å². The van der Waals surface area contributed by atoms with Crippen molar-refractivity contribution in [2.24, 2.45) is 5.92 Å². The number of carbonyl (C=O) groups excluding carboxylic acids is 1. The number of esters is 1. The van der Waals surface area contributed by atoms with E-state index in [-0.39, 0.29) is 18.1 Å². The van der Waals surface area contributed by atoms with Gasteiger partial charge in [0.15, 0.2) is 5.57 Å². The zero-order chi connectivity index (χ0) is 17.9. The standard InChI is InChI=1S/C18H23ClN2O3/c1-4-23-9-10-24-18(22)16(11-20)17(13(2)3)21-12-14-5-7-15(19)8-6-14/h5-8,13,21H,4,9-10,12H2,1-3H3/b17-16-. The summed E-state index contributed by atoms with van der Waals surface area (Å²) in [5.74, 6) is -0.657. The van der Waals surface area contributed by atoms with Crippen LogP contribution >= 0.6 is 11.6 Å². The van der Waals surface area contributed by atoms with Crippen molar-refractivity contribution in [3.05, 3.63) is 46.1 Å². The number of ether oxygens (including phenoxy) is 2. The molecule has 130 valence electrons. The molecule has 0 spiro atoms. The summed E-state index contributed by atoms with van der Waals surface area (Å²) in [5, 5.41) is 13.2. The molecule has 0 aliphatic rings. The van der Waals surface area contributed by atoms with E-state index in [9.17, 15) is 10.1 Å². The van der Waals surface area contributed by atoms with Gasteiger partial charge < -0.3 is 14.8 Å². The van der Waals surface area contributed by atoms with Crippen molar-refractivity contribution >= 4 is 17.6 Å². The fourth-order valence-electron chi connectivity index (χ4n) is 2.01. The predicted octanol–water partition coefficient (Wildman–Crippen LogP) is 3.44. The smallest absolute Gasteiger partial charge is 0.350 e. The number of halogens is 1. The third-order valence-corrected chi connectivity index (χ3v) is 3.48. The Bertz CT molecular complexity index is 604. The third kappa shape index (κ3) is 6.61. The van der Waals surface area contributed by atoms with Gasteiger partial charge in [0.25, 0.3) is 0 Å². The molecule has 0 aromatic heterocycles. The second kappa shape index (κ2) is 10.7. The first-order valence-electron chi connectivity index (χ1n) is 7.87. The molecule has 6 heteroatoms.